The summed E-state index contributed by atoms with van der Waals surface area (Å²) >= 11 is 1.64. The fraction of sp³-hybridized carbons (Fsp3) is 0.632. The predicted molar refractivity (Wildman–Crippen MR) is 99.4 cm³/mol. The van der Waals surface area contributed by atoms with Crippen LogP contribution in [0.15, 0.2) is 28.1 Å². The van der Waals surface area contributed by atoms with Gasteiger partial charge in [-0.05, 0) is 49.8 Å². The Morgan fingerprint density at radius 3 is 2.68 bits per heavy atom. The molecule has 4 unspecified atom stereocenters. The Kier molecular flexibility index (Phi) is 4.91. The second-order valence-corrected chi connectivity index (χ2v) is 8.00. The number of nitrogens with one attached hydrogen (secondary N) is 1. The van der Waals surface area contributed by atoms with Crippen molar-refractivity contribution in [3.05, 3.63) is 29.6 Å². The summed E-state index contributed by atoms with van der Waals surface area (Å²) < 4.78 is 19.7. The molecule has 1 aromatic rings. The molecule has 0 aliphatic carbocycles. The number of aliphatic imine (C=N–C) groups is 1. The lowest BCUT2D eigenvalue weighted by atomic mass is 9.82. The first-order chi connectivity index (χ1) is 12.2. The Balaban J connectivity index is 1.50. The Morgan fingerprint density at radius 1 is 1.32 bits per heavy atom. The van der Waals surface area contributed by atoms with Crippen molar-refractivity contribution in [2.75, 3.05) is 25.9 Å². The number of guanidine groups is 1. The lowest BCUT2D eigenvalue weighted by Gasteiger charge is -2.23. The Bertz CT molecular complexity index is 650. The number of benzene rings is 1. The van der Waals surface area contributed by atoms with E-state index in [9.17, 15) is 4.39 Å². The minimum atomic E-state index is -0.197. The van der Waals surface area contributed by atoms with Crippen molar-refractivity contribution in [3.63, 3.8) is 0 Å². The van der Waals surface area contributed by atoms with Crippen LogP contribution in [0.4, 0.5) is 4.39 Å². The van der Waals surface area contributed by atoms with Crippen LogP contribution in [0.5, 0.6) is 0 Å². The van der Waals surface area contributed by atoms with E-state index in [1.54, 1.807) is 17.8 Å². The van der Waals surface area contributed by atoms with E-state index in [1.807, 2.05) is 12.3 Å². The SMILES string of the molecule is CCNC(=NCc1cc(F)ccc1SC)N1CC2C3CCC(O3)C2C1. The first-order valence-corrected chi connectivity index (χ1v) is 10.4. The van der Waals surface area contributed by atoms with Crippen LogP contribution in [0.2, 0.25) is 0 Å². The number of thioether (sulfide) groups is 1. The van der Waals surface area contributed by atoms with Gasteiger partial charge in [-0.25, -0.2) is 9.38 Å². The number of halogens is 1. The smallest absolute Gasteiger partial charge is 0.194 e. The summed E-state index contributed by atoms with van der Waals surface area (Å²) in [5, 5.41) is 3.42. The number of hydrogen-bond donors (Lipinski definition) is 1. The fourth-order valence-electron chi connectivity index (χ4n) is 4.59. The molecule has 4 atom stereocenters. The van der Waals surface area contributed by atoms with Crippen molar-refractivity contribution in [1.82, 2.24) is 10.2 Å². The standard InChI is InChI=1S/C19H26FN3OS/c1-3-21-19(22-9-12-8-13(20)4-7-18(12)25-2)23-10-14-15(11-23)17-6-5-16(14)24-17/h4,7-8,14-17H,3,5-6,9-11H2,1-2H3,(H,21,22). The number of ether oxygens (including phenoxy) is 1. The monoisotopic (exact) mass is 363 g/mol. The highest BCUT2D eigenvalue weighted by atomic mass is 32.2. The number of rotatable bonds is 4. The van der Waals surface area contributed by atoms with Crippen LogP contribution in [-0.2, 0) is 11.3 Å². The van der Waals surface area contributed by atoms with Gasteiger partial charge >= 0.3 is 0 Å². The molecule has 3 fully saturated rings. The van der Waals surface area contributed by atoms with E-state index in [0.29, 0.717) is 30.6 Å². The minimum absolute atomic E-state index is 0.197. The third-order valence-electron chi connectivity index (χ3n) is 5.73. The van der Waals surface area contributed by atoms with Crippen molar-refractivity contribution >= 4 is 17.7 Å². The highest BCUT2D eigenvalue weighted by Crippen LogP contribution is 2.47. The Labute approximate surface area is 153 Å². The zero-order valence-electron chi connectivity index (χ0n) is 14.9. The van der Waals surface area contributed by atoms with E-state index in [0.717, 1.165) is 36.1 Å². The third kappa shape index (κ3) is 3.26. The first-order valence-electron chi connectivity index (χ1n) is 9.20. The summed E-state index contributed by atoms with van der Waals surface area (Å²) in [5.41, 5.74) is 0.950. The minimum Gasteiger partial charge on any atom is -0.374 e. The molecule has 3 saturated heterocycles. The third-order valence-corrected chi connectivity index (χ3v) is 6.57. The van der Waals surface area contributed by atoms with E-state index >= 15 is 0 Å². The summed E-state index contributed by atoms with van der Waals surface area (Å²) in [6.07, 6.45) is 5.35. The van der Waals surface area contributed by atoms with Crippen molar-refractivity contribution in [2.24, 2.45) is 16.8 Å². The molecule has 4 nitrogen and oxygen atoms in total. The average molecular weight is 364 g/mol. The van der Waals surface area contributed by atoms with E-state index in [1.165, 1.54) is 18.9 Å². The molecule has 3 aliphatic rings. The Hall–Kier alpha value is -1.27. The average Bonchev–Trinajstić information content (AvgIpc) is 3.31. The van der Waals surface area contributed by atoms with Gasteiger partial charge in [-0.2, -0.15) is 0 Å². The topological polar surface area (TPSA) is 36.9 Å². The van der Waals surface area contributed by atoms with Crippen LogP contribution < -0.4 is 5.32 Å². The molecular weight excluding hydrogens is 337 g/mol. The number of fused-ring (bicyclic) bond motifs is 5. The molecule has 3 heterocycles. The second kappa shape index (κ2) is 7.16. The van der Waals surface area contributed by atoms with Crippen molar-refractivity contribution in [1.29, 1.82) is 0 Å². The van der Waals surface area contributed by atoms with Gasteiger partial charge in [0.1, 0.15) is 5.82 Å². The predicted octanol–water partition coefficient (Wildman–Crippen LogP) is 3.12. The molecule has 1 aromatic carbocycles. The van der Waals surface area contributed by atoms with Gasteiger partial charge in [0.2, 0.25) is 0 Å². The van der Waals surface area contributed by atoms with Gasteiger partial charge in [0.15, 0.2) is 5.96 Å². The molecule has 0 amide bonds. The van der Waals surface area contributed by atoms with Gasteiger partial charge in [0, 0.05) is 36.4 Å². The molecule has 0 radical (unpaired) electrons. The maximum atomic E-state index is 13.6. The highest BCUT2D eigenvalue weighted by Gasteiger charge is 2.53. The molecule has 0 aromatic heterocycles. The summed E-state index contributed by atoms with van der Waals surface area (Å²) in [6, 6.07) is 4.96. The number of hydrogen-bond acceptors (Lipinski definition) is 3. The second-order valence-electron chi connectivity index (χ2n) is 7.15. The van der Waals surface area contributed by atoms with Gasteiger partial charge in [-0.1, -0.05) is 0 Å². The summed E-state index contributed by atoms with van der Waals surface area (Å²) in [5.74, 6) is 2.06. The van der Waals surface area contributed by atoms with Crippen LogP contribution in [0, 0.1) is 17.7 Å². The van der Waals surface area contributed by atoms with E-state index in [2.05, 4.69) is 17.1 Å². The number of likely N-dealkylation sites (tertiary alicyclic amines) is 1. The van der Waals surface area contributed by atoms with Gasteiger partial charge in [0.05, 0.1) is 18.8 Å². The van der Waals surface area contributed by atoms with Crippen molar-refractivity contribution < 1.29 is 9.13 Å². The molecule has 1 N–H and O–H groups in total. The summed E-state index contributed by atoms with van der Waals surface area (Å²) in [4.78, 5) is 8.29. The largest absolute Gasteiger partial charge is 0.374 e. The van der Waals surface area contributed by atoms with E-state index in [-0.39, 0.29) is 5.82 Å². The molecule has 0 spiro atoms. The normalized spacial score (nSPS) is 30.8. The first kappa shape index (κ1) is 17.2. The van der Waals surface area contributed by atoms with Gasteiger partial charge < -0.3 is 15.0 Å². The van der Waals surface area contributed by atoms with E-state index < -0.39 is 0 Å². The maximum Gasteiger partial charge on any atom is 0.194 e. The summed E-state index contributed by atoms with van der Waals surface area (Å²) in [6.45, 7) is 5.49. The number of nitrogens with zero attached hydrogens (tertiary/aromatic N) is 2. The maximum absolute atomic E-state index is 13.6. The van der Waals surface area contributed by atoms with Crippen LogP contribution in [0.1, 0.15) is 25.3 Å². The molecule has 6 heteroatoms. The zero-order valence-corrected chi connectivity index (χ0v) is 15.7. The van der Waals surface area contributed by atoms with Gasteiger partial charge in [0.25, 0.3) is 0 Å². The summed E-state index contributed by atoms with van der Waals surface area (Å²) in [7, 11) is 0. The van der Waals surface area contributed by atoms with Crippen LogP contribution >= 0.6 is 11.8 Å². The van der Waals surface area contributed by atoms with Crippen LogP contribution in [-0.4, -0.2) is 49.0 Å². The quantitative estimate of drug-likeness (QED) is 0.507. The molecule has 3 aliphatic heterocycles. The highest BCUT2D eigenvalue weighted by molar-refractivity contribution is 7.98. The molecule has 0 saturated carbocycles. The Morgan fingerprint density at radius 2 is 2.04 bits per heavy atom. The van der Waals surface area contributed by atoms with Crippen LogP contribution in [0.25, 0.3) is 0 Å². The molecule has 2 bridgehead atoms. The van der Waals surface area contributed by atoms with E-state index in [4.69, 9.17) is 9.73 Å². The molecular formula is C19H26FN3OS. The molecule has 25 heavy (non-hydrogen) atoms. The van der Waals surface area contributed by atoms with Crippen LogP contribution in [0.3, 0.4) is 0 Å². The molecule has 4 rings (SSSR count). The van der Waals surface area contributed by atoms with Crippen molar-refractivity contribution in [3.8, 4) is 0 Å². The lowest BCUT2D eigenvalue weighted by molar-refractivity contribution is 0.0767. The van der Waals surface area contributed by atoms with Gasteiger partial charge in [-0.15, -0.1) is 11.8 Å². The van der Waals surface area contributed by atoms with Gasteiger partial charge in [-0.3, -0.25) is 0 Å². The molecule has 136 valence electrons. The fourth-order valence-corrected chi connectivity index (χ4v) is 5.18. The lowest BCUT2D eigenvalue weighted by Crippen LogP contribution is -2.41. The zero-order chi connectivity index (χ0) is 17.4. The van der Waals surface area contributed by atoms with Crippen molar-refractivity contribution in [2.45, 2.75) is 43.4 Å².